The van der Waals surface area contributed by atoms with Crippen LogP contribution in [-0.4, -0.2) is 39.9 Å². The fraction of sp³-hybridized carbons (Fsp3) is 0.462. The second-order valence-corrected chi connectivity index (χ2v) is 6.24. The van der Waals surface area contributed by atoms with Crippen LogP contribution in [0.15, 0.2) is 23.1 Å². The fourth-order valence-electron chi connectivity index (χ4n) is 1.67. The zero-order chi connectivity index (χ0) is 15.3. The molecule has 0 bridgehead atoms. The highest BCUT2D eigenvalue weighted by atomic mass is 32.2. The van der Waals surface area contributed by atoms with Gasteiger partial charge in [-0.15, -0.1) is 0 Å². The van der Waals surface area contributed by atoms with E-state index in [0.29, 0.717) is 30.8 Å². The van der Waals surface area contributed by atoms with Gasteiger partial charge in [-0.2, -0.15) is 0 Å². The molecule has 0 aliphatic rings. The number of nitrogens with zero attached hydrogens (tertiary/aromatic N) is 1. The molecule has 1 aromatic rings. The van der Waals surface area contributed by atoms with E-state index in [1.54, 1.807) is 33.2 Å². The van der Waals surface area contributed by atoms with E-state index in [1.165, 1.54) is 11.0 Å². The molecule has 112 valence electrons. The number of ether oxygens (including phenoxy) is 1. The van der Waals surface area contributed by atoms with Gasteiger partial charge in [-0.25, -0.2) is 13.6 Å². The summed E-state index contributed by atoms with van der Waals surface area (Å²) in [5.41, 5.74) is 0.536. The highest BCUT2D eigenvalue weighted by Crippen LogP contribution is 2.20. The van der Waals surface area contributed by atoms with Crippen LogP contribution in [0.3, 0.4) is 0 Å². The Hall–Kier alpha value is -1.60. The summed E-state index contributed by atoms with van der Waals surface area (Å²) in [4.78, 5) is 13.0. The van der Waals surface area contributed by atoms with Crippen molar-refractivity contribution in [2.75, 3.05) is 20.7 Å². The van der Waals surface area contributed by atoms with Crippen LogP contribution in [0.1, 0.15) is 18.4 Å². The van der Waals surface area contributed by atoms with E-state index in [9.17, 15) is 13.2 Å². The Morgan fingerprint density at radius 1 is 1.35 bits per heavy atom. The second kappa shape index (κ2) is 6.71. The Bertz CT molecular complexity index is 582. The number of amides is 1. The molecule has 7 heteroatoms. The normalized spacial score (nSPS) is 11.2. The van der Waals surface area contributed by atoms with Crippen LogP contribution in [-0.2, 0) is 14.8 Å². The predicted molar refractivity (Wildman–Crippen MR) is 76.0 cm³/mol. The molecule has 2 N–H and O–H groups in total. The van der Waals surface area contributed by atoms with Gasteiger partial charge in [-0.05, 0) is 37.1 Å². The van der Waals surface area contributed by atoms with Crippen molar-refractivity contribution in [1.82, 2.24) is 4.90 Å². The number of rotatable bonds is 6. The van der Waals surface area contributed by atoms with Crippen LogP contribution in [0.4, 0.5) is 0 Å². The molecule has 0 atom stereocenters. The number of primary sulfonamides is 1. The standard InChI is InChI=1S/C13H20N2O4S/c1-10-9-11(6-7-12(10)20(14,17)18)19-8-4-5-13(16)15(2)3/h6-7,9H,4-5,8H2,1-3H3,(H2,14,17,18). The van der Waals surface area contributed by atoms with Gasteiger partial charge in [0.1, 0.15) is 5.75 Å². The molecule has 0 saturated carbocycles. The first-order valence-corrected chi connectivity index (χ1v) is 7.73. The summed E-state index contributed by atoms with van der Waals surface area (Å²) < 4.78 is 28.0. The summed E-state index contributed by atoms with van der Waals surface area (Å²) in [5.74, 6) is 0.613. The quantitative estimate of drug-likeness (QED) is 0.790. The molecule has 1 aromatic carbocycles. The average Bonchev–Trinajstić information content (AvgIpc) is 2.32. The van der Waals surface area contributed by atoms with E-state index in [-0.39, 0.29) is 10.8 Å². The second-order valence-electron chi connectivity index (χ2n) is 4.71. The van der Waals surface area contributed by atoms with Gasteiger partial charge in [0.25, 0.3) is 0 Å². The zero-order valence-corrected chi connectivity index (χ0v) is 12.7. The van der Waals surface area contributed by atoms with Gasteiger partial charge >= 0.3 is 0 Å². The fourth-order valence-corrected chi connectivity index (χ4v) is 2.43. The summed E-state index contributed by atoms with van der Waals surface area (Å²) in [6.45, 7) is 2.05. The van der Waals surface area contributed by atoms with Crippen molar-refractivity contribution in [3.63, 3.8) is 0 Å². The van der Waals surface area contributed by atoms with Gasteiger partial charge in [-0.1, -0.05) is 0 Å². The van der Waals surface area contributed by atoms with Crippen molar-refractivity contribution in [3.8, 4) is 5.75 Å². The maximum Gasteiger partial charge on any atom is 0.238 e. The summed E-state index contributed by atoms with van der Waals surface area (Å²) in [6.07, 6.45) is 1.02. The van der Waals surface area contributed by atoms with Crippen molar-refractivity contribution in [3.05, 3.63) is 23.8 Å². The van der Waals surface area contributed by atoms with Crippen LogP contribution in [0.25, 0.3) is 0 Å². The molecule has 0 radical (unpaired) electrons. The number of carbonyl (C=O) groups is 1. The molecule has 0 heterocycles. The number of benzene rings is 1. The lowest BCUT2D eigenvalue weighted by atomic mass is 10.2. The molecule has 0 spiro atoms. The van der Waals surface area contributed by atoms with Crippen LogP contribution in [0.5, 0.6) is 5.75 Å². The van der Waals surface area contributed by atoms with E-state index >= 15 is 0 Å². The van der Waals surface area contributed by atoms with E-state index in [4.69, 9.17) is 9.88 Å². The third-order valence-corrected chi connectivity index (χ3v) is 3.83. The third kappa shape index (κ3) is 4.82. The van der Waals surface area contributed by atoms with Crippen LogP contribution in [0.2, 0.25) is 0 Å². The average molecular weight is 300 g/mol. The minimum Gasteiger partial charge on any atom is -0.494 e. The zero-order valence-electron chi connectivity index (χ0n) is 11.9. The van der Waals surface area contributed by atoms with E-state index < -0.39 is 10.0 Å². The van der Waals surface area contributed by atoms with Gasteiger partial charge in [0.05, 0.1) is 11.5 Å². The highest BCUT2D eigenvalue weighted by molar-refractivity contribution is 7.89. The molecule has 1 amide bonds. The number of hydrogen-bond donors (Lipinski definition) is 1. The Kier molecular flexibility index (Phi) is 5.52. The summed E-state index contributed by atoms with van der Waals surface area (Å²) >= 11 is 0. The van der Waals surface area contributed by atoms with Gasteiger partial charge in [0, 0.05) is 20.5 Å². The Morgan fingerprint density at radius 2 is 2.00 bits per heavy atom. The molecular weight excluding hydrogens is 280 g/mol. The maximum atomic E-state index is 11.4. The third-order valence-electron chi connectivity index (χ3n) is 2.76. The van der Waals surface area contributed by atoms with Crippen molar-refractivity contribution in [2.24, 2.45) is 5.14 Å². The van der Waals surface area contributed by atoms with E-state index in [0.717, 1.165) is 0 Å². The predicted octanol–water partition coefficient (Wildman–Crippen LogP) is 0.890. The molecule has 0 aliphatic heterocycles. The first-order valence-electron chi connectivity index (χ1n) is 6.18. The molecule has 6 nitrogen and oxygen atoms in total. The van der Waals surface area contributed by atoms with Crippen molar-refractivity contribution in [1.29, 1.82) is 0 Å². The van der Waals surface area contributed by atoms with Crippen LogP contribution < -0.4 is 9.88 Å². The summed E-state index contributed by atoms with van der Waals surface area (Å²) in [6, 6.07) is 4.60. The van der Waals surface area contributed by atoms with Gasteiger partial charge in [0.2, 0.25) is 15.9 Å². The smallest absolute Gasteiger partial charge is 0.238 e. The molecule has 0 aliphatic carbocycles. The van der Waals surface area contributed by atoms with Gasteiger partial charge in [0.15, 0.2) is 0 Å². The summed E-state index contributed by atoms with van der Waals surface area (Å²) in [7, 11) is -0.288. The Labute approximate surface area is 119 Å². The lowest BCUT2D eigenvalue weighted by Gasteiger charge is -2.11. The number of carbonyl (C=O) groups excluding carboxylic acids is 1. The lowest BCUT2D eigenvalue weighted by Crippen LogP contribution is -2.21. The molecule has 0 aromatic heterocycles. The molecule has 1 rings (SSSR count). The number of sulfonamides is 1. The number of aryl methyl sites for hydroxylation is 1. The first-order chi connectivity index (χ1) is 9.21. The largest absolute Gasteiger partial charge is 0.494 e. The minimum atomic E-state index is -3.70. The van der Waals surface area contributed by atoms with Crippen LogP contribution in [0, 0.1) is 6.92 Å². The number of hydrogen-bond acceptors (Lipinski definition) is 4. The van der Waals surface area contributed by atoms with E-state index in [1.807, 2.05) is 0 Å². The first kappa shape index (κ1) is 16.5. The molecular formula is C13H20N2O4S. The van der Waals surface area contributed by atoms with E-state index in [2.05, 4.69) is 0 Å². The topological polar surface area (TPSA) is 89.7 Å². The Morgan fingerprint density at radius 3 is 2.50 bits per heavy atom. The molecule has 20 heavy (non-hydrogen) atoms. The highest BCUT2D eigenvalue weighted by Gasteiger charge is 2.11. The van der Waals surface area contributed by atoms with Gasteiger partial charge < -0.3 is 9.64 Å². The molecule has 0 fully saturated rings. The lowest BCUT2D eigenvalue weighted by molar-refractivity contribution is -0.128. The van der Waals surface area contributed by atoms with Crippen molar-refractivity contribution >= 4 is 15.9 Å². The summed E-state index contributed by atoms with van der Waals surface area (Å²) in [5, 5.41) is 5.08. The number of nitrogens with two attached hydrogens (primary N) is 1. The molecule has 0 unspecified atom stereocenters. The SMILES string of the molecule is Cc1cc(OCCCC(=O)N(C)C)ccc1S(N)(=O)=O. The van der Waals surface area contributed by atoms with Crippen molar-refractivity contribution in [2.45, 2.75) is 24.7 Å². The Balaban J connectivity index is 2.55. The monoisotopic (exact) mass is 300 g/mol. The van der Waals surface area contributed by atoms with Crippen LogP contribution >= 0.6 is 0 Å². The van der Waals surface area contributed by atoms with Crippen molar-refractivity contribution < 1.29 is 17.9 Å². The molecule has 0 saturated heterocycles. The van der Waals surface area contributed by atoms with Gasteiger partial charge in [-0.3, -0.25) is 4.79 Å². The maximum absolute atomic E-state index is 11.4. The minimum absolute atomic E-state index is 0.0503.